The highest BCUT2D eigenvalue weighted by molar-refractivity contribution is 7.99. The van der Waals surface area contributed by atoms with Crippen LogP contribution in [0.5, 0.6) is 0 Å². The van der Waals surface area contributed by atoms with E-state index in [4.69, 9.17) is 0 Å². The van der Waals surface area contributed by atoms with E-state index >= 15 is 0 Å². The van der Waals surface area contributed by atoms with Crippen molar-refractivity contribution < 1.29 is 4.79 Å². The van der Waals surface area contributed by atoms with Crippen LogP contribution < -0.4 is 10.9 Å². The Kier molecular flexibility index (Phi) is 4.20. The van der Waals surface area contributed by atoms with Crippen molar-refractivity contribution in [2.45, 2.75) is 12.1 Å². The Bertz CT molecular complexity index is 854. The number of nitrogens with one attached hydrogen (secondary N) is 3. The molecule has 0 aliphatic heterocycles. The van der Waals surface area contributed by atoms with Gasteiger partial charge in [-0.1, -0.05) is 11.8 Å². The van der Waals surface area contributed by atoms with Gasteiger partial charge in [-0.15, -0.1) is 11.3 Å². The van der Waals surface area contributed by atoms with Crippen LogP contribution in [0.4, 0.5) is 0 Å². The molecule has 10 heteroatoms. The standard InChI is InChI=1S/C12H12N6O2S2/c1-6-7-9(19)14-4-15-11(7)22-8(6)10(20)13-2-3-21-12-16-5-17-18-12/h4-5H,2-3H2,1H3,(H,13,20)(H,14,15,19)(H,16,17,18). The lowest BCUT2D eigenvalue weighted by molar-refractivity contribution is 0.0960. The quantitative estimate of drug-likeness (QED) is 0.471. The Morgan fingerprint density at radius 1 is 1.45 bits per heavy atom. The first-order valence-electron chi connectivity index (χ1n) is 6.40. The fourth-order valence-electron chi connectivity index (χ4n) is 1.95. The first-order valence-corrected chi connectivity index (χ1v) is 8.20. The summed E-state index contributed by atoms with van der Waals surface area (Å²) in [6.45, 7) is 2.25. The first kappa shape index (κ1) is 14.7. The van der Waals surface area contributed by atoms with E-state index in [1.807, 2.05) is 0 Å². The summed E-state index contributed by atoms with van der Waals surface area (Å²) in [5.74, 6) is 0.474. The van der Waals surface area contributed by atoms with Crippen molar-refractivity contribution in [2.24, 2.45) is 0 Å². The maximum absolute atomic E-state index is 12.2. The first-order chi connectivity index (χ1) is 10.7. The number of thiophene rings is 1. The molecule has 0 saturated carbocycles. The van der Waals surface area contributed by atoms with Gasteiger partial charge in [0.25, 0.3) is 11.5 Å². The largest absolute Gasteiger partial charge is 0.350 e. The van der Waals surface area contributed by atoms with E-state index in [-0.39, 0.29) is 11.5 Å². The zero-order valence-electron chi connectivity index (χ0n) is 11.5. The minimum atomic E-state index is -0.223. The second-order valence-electron chi connectivity index (χ2n) is 4.36. The molecule has 3 rings (SSSR count). The van der Waals surface area contributed by atoms with Crippen molar-refractivity contribution >= 4 is 39.2 Å². The Morgan fingerprint density at radius 2 is 2.32 bits per heavy atom. The molecule has 1 amide bonds. The van der Waals surface area contributed by atoms with Gasteiger partial charge in [-0.2, -0.15) is 5.10 Å². The summed E-state index contributed by atoms with van der Waals surface area (Å²) < 4.78 is 0. The summed E-state index contributed by atoms with van der Waals surface area (Å²) in [4.78, 5) is 35.7. The van der Waals surface area contributed by atoms with Gasteiger partial charge >= 0.3 is 0 Å². The van der Waals surface area contributed by atoms with Crippen LogP contribution in [-0.4, -0.2) is 43.4 Å². The second-order valence-corrected chi connectivity index (χ2v) is 6.45. The van der Waals surface area contributed by atoms with Crippen LogP contribution in [0.2, 0.25) is 0 Å². The van der Waals surface area contributed by atoms with Crippen LogP contribution in [0, 0.1) is 6.92 Å². The second kappa shape index (κ2) is 6.28. The molecule has 3 heterocycles. The van der Waals surface area contributed by atoms with Gasteiger partial charge in [-0.05, 0) is 12.5 Å². The lowest BCUT2D eigenvalue weighted by atomic mass is 10.2. The van der Waals surface area contributed by atoms with Crippen LogP contribution in [0.1, 0.15) is 15.2 Å². The molecule has 0 aliphatic carbocycles. The van der Waals surface area contributed by atoms with E-state index in [0.717, 1.165) is 0 Å². The van der Waals surface area contributed by atoms with Crippen molar-refractivity contribution in [3.8, 4) is 0 Å². The van der Waals surface area contributed by atoms with Gasteiger partial charge < -0.3 is 10.3 Å². The Balaban J connectivity index is 1.66. The zero-order chi connectivity index (χ0) is 15.5. The molecule has 0 unspecified atom stereocenters. The molecule has 0 saturated heterocycles. The van der Waals surface area contributed by atoms with Gasteiger partial charge in [-0.3, -0.25) is 14.7 Å². The van der Waals surface area contributed by atoms with Crippen LogP contribution in [0.25, 0.3) is 10.2 Å². The summed E-state index contributed by atoms with van der Waals surface area (Å²) in [7, 11) is 0. The van der Waals surface area contributed by atoms with Gasteiger partial charge in [0.1, 0.15) is 11.2 Å². The molecular weight excluding hydrogens is 324 g/mol. The number of hydrogen-bond donors (Lipinski definition) is 3. The molecule has 0 aliphatic rings. The maximum Gasteiger partial charge on any atom is 0.261 e. The third kappa shape index (κ3) is 2.88. The number of amides is 1. The molecule has 8 nitrogen and oxygen atoms in total. The average Bonchev–Trinajstić information content (AvgIpc) is 3.12. The molecule has 0 spiro atoms. The lowest BCUT2D eigenvalue weighted by Gasteiger charge is -2.03. The van der Waals surface area contributed by atoms with Crippen LogP contribution in [0.15, 0.2) is 22.6 Å². The fourth-order valence-corrected chi connectivity index (χ4v) is 3.65. The van der Waals surface area contributed by atoms with E-state index in [1.54, 1.807) is 6.92 Å². The fraction of sp³-hybridized carbons (Fsp3) is 0.250. The number of H-pyrrole nitrogens is 2. The molecular formula is C12H12N6O2S2. The topological polar surface area (TPSA) is 116 Å². The number of fused-ring (bicyclic) bond motifs is 1. The van der Waals surface area contributed by atoms with E-state index < -0.39 is 0 Å². The summed E-state index contributed by atoms with van der Waals surface area (Å²) in [6.07, 6.45) is 2.78. The monoisotopic (exact) mass is 336 g/mol. The molecule has 0 fully saturated rings. The van der Waals surface area contributed by atoms with Crippen molar-refractivity contribution in [2.75, 3.05) is 12.3 Å². The van der Waals surface area contributed by atoms with Crippen LogP contribution in [-0.2, 0) is 0 Å². The van der Waals surface area contributed by atoms with Crippen LogP contribution in [0.3, 0.4) is 0 Å². The predicted octanol–water partition coefficient (Wildman–Crippen LogP) is 0.933. The number of aromatic nitrogens is 5. The normalized spacial score (nSPS) is 11.0. The smallest absolute Gasteiger partial charge is 0.261 e. The predicted molar refractivity (Wildman–Crippen MR) is 84.4 cm³/mol. The van der Waals surface area contributed by atoms with E-state index in [0.29, 0.717) is 38.1 Å². The minimum absolute atomic E-state index is 0.196. The maximum atomic E-state index is 12.2. The molecule has 0 atom stereocenters. The molecule has 0 bridgehead atoms. The van der Waals surface area contributed by atoms with Crippen molar-refractivity contribution in [3.05, 3.63) is 33.4 Å². The van der Waals surface area contributed by atoms with Gasteiger partial charge in [-0.25, -0.2) is 9.97 Å². The van der Waals surface area contributed by atoms with E-state index in [9.17, 15) is 9.59 Å². The summed E-state index contributed by atoms with van der Waals surface area (Å²) in [5.41, 5.74) is 0.438. The molecule has 114 valence electrons. The Hall–Kier alpha value is -2.20. The highest BCUT2D eigenvalue weighted by Gasteiger charge is 2.17. The number of aryl methyl sites for hydroxylation is 1. The molecule has 22 heavy (non-hydrogen) atoms. The van der Waals surface area contributed by atoms with Gasteiger partial charge in [0.05, 0.1) is 16.6 Å². The highest BCUT2D eigenvalue weighted by Crippen LogP contribution is 2.26. The average molecular weight is 336 g/mol. The SMILES string of the molecule is Cc1c(C(=O)NCCSc2ncn[nH]2)sc2nc[nH]c(=O)c12. The lowest BCUT2D eigenvalue weighted by Crippen LogP contribution is -2.25. The zero-order valence-corrected chi connectivity index (χ0v) is 13.2. The van der Waals surface area contributed by atoms with Gasteiger partial charge in [0.15, 0.2) is 5.16 Å². The number of thioether (sulfide) groups is 1. The number of carbonyl (C=O) groups is 1. The van der Waals surface area contributed by atoms with Crippen LogP contribution >= 0.6 is 23.1 Å². The summed E-state index contributed by atoms with van der Waals surface area (Å²) in [6, 6.07) is 0. The minimum Gasteiger partial charge on any atom is -0.350 e. The Morgan fingerprint density at radius 3 is 3.05 bits per heavy atom. The van der Waals surface area contributed by atoms with Crippen molar-refractivity contribution in [1.29, 1.82) is 0 Å². The number of aromatic amines is 2. The van der Waals surface area contributed by atoms with Crippen molar-refractivity contribution in [1.82, 2.24) is 30.5 Å². The number of rotatable bonds is 5. The van der Waals surface area contributed by atoms with Gasteiger partial charge in [0, 0.05) is 12.3 Å². The number of carbonyl (C=O) groups excluding carboxylic acids is 1. The van der Waals surface area contributed by atoms with Crippen molar-refractivity contribution in [3.63, 3.8) is 0 Å². The third-order valence-electron chi connectivity index (χ3n) is 2.96. The molecule has 0 aromatic carbocycles. The molecule has 3 aromatic heterocycles. The highest BCUT2D eigenvalue weighted by atomic mass is 32.2. The van der Waals surface area contributed by atoms with E-state index in [2.05, 4.69) is 30.5 Å². The summed E-state index contributed by atoms with van der Waals surface area (Å²) in [5, 5.41) is 10.5. The molecule has 3 aromatic rings. The van der Waals surface area contributed by atoms with Gasteiger partial charge in [0.2, 0.25) is 0 Å². The molecule has 3 N–H and O–H groups in total. The molecule has 0 radical (unpaired) electrons. The summed E-state index contributed by atoms with van der Waals surface area (Å²) >= 11 is 2.69. The number of nitrogens with zero attached hydrogens (tertiary/aromatic N) is 3. The van der Waals surface area contributed by atoms with E-state index in [1.165, 1.54) is 35.8 Å². The third-order valence-corrected chi connectivity index (χ3v) is 5.04. The number of hydrogen-bond acceptors (Lipinski definition) is 7. The Labute approximate surface area is 132 Å².